The topological polar surface area (TPSA) is 48.4 Å². The fraction of sp³-hybridized carbons (Fsp3) is 0.400. The van der Waals surface area contributed by atoms with Crippen molar-refractivity contribution in [3.63, 3.8) is 0 Å². The van der Waals surface area contributed by atoms with E-state index in [9.17, 15) is 4.79 Å². The van der Waals surface area contributed by atoms with Crippen molar-refractivity contribution >= 4 is 44.2 Å². The first kappa shape index (κ1) is 18.1. The van der Waals surface area contributed by atoms with Crippen LogP contribution in [0, 0.1) is 5.92 Å². The number of ether oxygens (including phenoxy) is 2. The number of ketones is 1. The van der Waals surface area contributed by atoms with Crippen LogP contribution in [-0.2, 0) is 20.7 Å². The van der Waals surface area contributed by atoms with Crippen LogP contribution >= 0.6 is 27.5 Å². The summed E-state index contributed by atoms with van der Waals surface area (Å²) < 4.78 is 12.5. The lowest BCUT2D eigenvalue weighted by molar-refractivity contribution is -0.159. The van der Waals surface area contributed by atoms with Gasteiger partial charge < -0.3 is 9.47 Å². The van der Waals surface area contributed by atoms with Crippen molar-refractivity contribution in [2.75, 3.05) is 0 Å². The minimum atomic E-state index is -0.721. The predicted octanol–water partition coefficient (Wildman–Crippen LogP) is 4.86. The number of nitrogens with zero attached hydrogens (tertiary/aromatic N) is 1. The van der Waals surface area contributed by atoms with Crippen molar-refractivity contribution in [2.24, 2.45) is 5.92 Å². The van der Waals surface area contributed by atoms with E-state index in [1.807, 2.05) is 32.0 Å². The van der Waals surface area contributed by atoms with E-state index in [1.165, 1.54) is 0 Å². The summed E-state index contributed by atoms with van der Waals surface area (Å²) in [5.74, 6) is -0.769. The maximum absolute atomic E-state index is 12.4. The molecule has 0 N–H and O–H groups in total. The minimum Gasteiger partial charge on any atom is -0.343 e. The number of aromatic nitrogens is 1. The molecule has 26 heavy (non-hydrogen) atoms. The Morgan fingerprint density at radius 3 is 2.85 bits per heavy atom. The molecule has 2 fully saturated rings. The summed E-state index contributed by atoms with van der Waals surface area (Å²) in [6, 6.07) is 8.12. The number of benzene rings is 1. The van der Waals surface area contributed by atoms with Gasteiger partial charge in [0.2, 0.25) is 0 Å². The van der Waals surface area contributed by atoms with Gasteiger partial charge in [-0.25, -0.2) is 4.98 Å². The zero-order valence-electron chi connectivity index (χ0n) is 14.6. The second-order valence-electron chi connectivity index (χ2n) is 7.34. The van der Waals surface area contributed by atoms with Crippen molar-refractivity contribution in [2.45, 2.75) is 44.7 Å². The van der Waals surface area contributed by atoms with Gasteiger partial charge in [-0.05, 0) is 65.9 Å². The smallest absolute Gasteiger partial charge is 0.190 e. The Balaban J connectivity index is 1.53. The molecule has 0 radical (unpaired) electrons. The largest absolute Gasteiger partial charge is 0.343 e. The second kappa shape index (κ2) is 6.41. The SMILES string of the molecule is C=C1C(=O)[C@@H]2OC(C)(C)O[C@@H]2[C@H]1CCc1ccc2cc(Br)c(Cl)nc2c1. The minimum absolute atomic E-state index is 0.0218. The van der Waals surface area contributed by atoms with Crippen molar-refractivity contribution in [3.05, 3.63) is 51.6 Å². The van der Waals surface area contributed by atoms with E-state index in [-0.39, 0.29) is 17.8 Å². The highest BCUT2D eigenvalue weighted by molar-refractivity contribution is 9.10. The van der Waals surface area contributed by atoms with E-state index < -0.39 is 11.9 Å². The molecule has 0 unspecified atom stereocenters. The molecule has 1 aliphatic carbocycles. The molecule has 2 aromatic rings. The first-order chi connectivity index (χ1) is 12.2. The molecule has 0 bridgehead atoms. The Hall–Kier alpha value is -1.27. The van der Waals surface area contributed by atoms with Crippen LogP contribution in [-0.4, -0.2) is 28.8 Å². The fourth-order valence-electron chi connectivity index (χ4n) is 3.83. The van der Waals surface area contributed by atoms with Crippen molar-refractivity contribution in [1.29, 1.82) is 0 Å². The molecule has 1 saturated carbocycles. The van der Waals surface area contributed by atoms with Gasteiger partial charge in [0.05, 0.1) is 9.99 Å². The molecule has 1 aromatic heterocycles. The molecule has 3 atom stereocenters. The molecule has 2 aliphatic rings. The molecule has 136 valence electrons. The molecule has 1 saturated heterocycles. The number of fused-ring (bicyclic) bond motifs is 2. The fourth-order valence-corrected chi connectivity index (χ4v) is 4.31. The molecule has 0 amide bonds. The number of carbonyl (C=O) groups excluding carboxylic acids is 1. The van der Waals surface area contributed by atoms with Gasteiger partial charge in [-0.1, -0.05) is 30.3 Å². The third-order valence-corrected chi connectivity index (χ3v) is 6.21. The summed E-state index contributed by atoms with van der Waals surface area (Å²) in [7, 11) is 0. The van der Waals surface area contributed by atoms with Crippen LogP contribution in [0.1, 0.15) is 25.8 Å². The van der Waals surface area contributed by atoms with Crippen LogP contribution < -0.4 is 0 Å². The average molecular weight is 437 g/mol. The van der Waals surface area contributed by atoms with Gasteiger partial charge in [0.25, 0.3) is 0 Å². The molecule has 1 aromatic carbocycles. The summed E-state index contributed by atoms with van der Waals surface area (Å²) in [6.45, 7) is 7.67. The number of halogens is 2. The van der Waals surface area contributed by atoms with Crippen molar-refractivity contribution in [1.82, 2.24) is 4.98 Å². The highest BCUT2D eigenvalue weighted by Gasteiger charge is 2.55. The summed E-state index contributed by atoms with van der Waals surface area (Å²) in [5.41, 5.74) is 2.61. The van der Waals surface area contributed by atoms with Gasteiger partial charge in [-0.3, -0.25) is 4.79 Å². The monoisotopic (exact) mass is 435 g/mol. The van der Waals surface area contributed by atoms with Gasteiger partial charge in [0.1, 0.15) is 11.3 Å². The Labute approximate surface area is 165 Å². The number of hydrogen-bond acceptors (Lipinski definition) is 4. The molecule has 4 rings (SSSR count). The lowest BCUT2D eigenvalue weighted by atomic mass is 9.93. The number of pyridine rings is 1. The van der Waals surface area contributed by atoms with Gasteiger partial charge in [0, 0.05) is 11.3 Å². The zero-order chi connectivity index (χ0) is 18.6. The Morgan fingerprint density at radius 1 is 1.31 bits per heavy atom. The molecular weight excluding hydrogens is 418 g/mol. The Morgan fingerprint density at radius 2 is 2.08 bits per heavy atom. The van der Waals surface area contributed by atoms with Gasteiger partial charge >= 0.3 is 0 Å². The van der Waals surface area contributed by atoms with E-state index in [4.69, 9.17) is 21.1 Å². The molecule has 0 spiro atoms. The number of aryl methyl sites for hydroxylation is 1. The van der Waals surface area contributed by atoms with Crippen molar-refractivity contribution < 1.29 is 14.3 Å². The summed E-state index contributed by atoms with van der Waals surface area (Å²) in [5, 5.41) is 1.48. The van der Waals surface area contributed by atoms with Crippen LogP contribution in [0.2, 0.25) is 5.15 Å². The van der Waals surface area contributed by atoms with Gasteiger partial charge in [-0.15, -0.1) is 0 Å². The molecule has 4 nitrogen and oxygen atoms in total. The Bertz CT molecular complexity index is 927. The van der Waals surface area contributed by atoms with Crippen LogP contribution in [0.25, 0.3) is 10.9 Å². The lowest BCUT2D eigenvalue weighted by Crippen LogP contribution is -2.26. The summed E-state index contributed by atoms with van der Waals surface area (Å²) in [6.07, 6.45) is 0.821. The van der Waals surface area contributed by atoms with E-state index in [0.717, 1.165) is 33.8 Å². The van der Waals surface area contributed by atoms with Crippen LogP contribution in [0.3, 0.4) is 0 Å². The normalized spacial score (nSPS) is 27.3. The maximum atomic E-state index is 12.4. The van der Waals surface area contributed by atoms with Crippen LogP contribution in [0.15, 0.2) is 40.9 Å². The molecule has 1 aliphatic heterocycles. The lowest BCUT2D eigenvalue weighted by Gasteiger charge is -2.22. The van der Waals surface area contributed by atoms with Crippen molar-refractivity contribution in [3.8, 4) is 0 Å². The zero-order valence-corrected chi connectivity index (χ0v) is 16.9. The number of carbonyl (C=O) groups is 1. The highest BCUT2D eigenvalue weighted by atomic mass is 79.9. The van der Waals surface area contributed by atoms with Crippen LogP contribution in [0.4, 0.5) is 0 Å². The molecular formula is C20H19BrClNO3. The third kappa shape index (κ3) is 3.11. The molecule has 2 heterocycles. The average Bonchev–Trinajstić information content (AvgIpc) is 3.00. The van der Waals surface area contributed by atoms with E-state index in [2.05, 4.69) is 33.6 Å². The first-order valence-corrected chi connectivity index (χ1v) is 9.75. The predicted molar refractivity (Wildman–Crippen MR) is 104 cm³/mol. The third-order valence-electron chi connectivity index (χ3n) is 5.08. The summed E-state index contributed by atoms with van der Waals surface area (Å²) >= 11 is 9.50. The number of Topliss-reactive ketones (excluding diaryl/α,β-unsaturated/α-hetero) is 1. The van der Waals surface area contributed by atoms with Gasteiger partial charge in [-0.2, -0.15) is 0 Å². The van der Waals surface area contributed by atoms with Crippen LogP contribution in [0.5, 0.6) is 0 Å². The van der Waals surface area contributed by atoms with Gasteiger partial charge in [0.15, 0.2) is 17.7 Å². The number of rotatable bonds is 3. The van der Waals surface area contributed by atoms with E-state index in [1.54, 1.807) is 0 Å². The Kier molecular flexibility index (Phi) is 4.47. The quantitative estimate of drug-likeness (QED) is 0.509. The second-order valence-corrected chi connectivity index (χ2v) is 8.56. The number of hydrogen-bond donors (Lipinski definition) is 0. The van der Waals surface area contributed by atoms with E-state index >= 15 is 0 Å². The highest BCUT2D eigenvalue weighted by Crippen LogP contribution is 2.43. The summed E-state index contributed by atoms with van der Waals surface area (Å²) in [4.78, 5) is 16.8. The maximum Gasteiger partial charge on any atom is 0.190 e. The first-order valence-electron chi connectivity index (χ1n) is 8.58. The molecule has 6 heteroatoms. The standard InChI is InChI=1S/C20H19BrClNO3/c1-10-13(17-18(16(10)24)26-20(2,3)25-17)7-5-11-4-6-12-9-14(21)19(22)23-15(12)8-11/h4,6,8-9,13,17-18H,1,5,7H2,2-3H3/t13-,17+,18-/m0/s1. The van der Waals surface area contributed by atoms with E-state index in [0.29, 0.717) is 10.7 Å².